The van der Waals surface area contributed by atoms with Crippen LogP contribution in [0.4, 0.5) is 11.4 Å². The Morgan fingerprint density at radius 2 is 1.68 bits per heavy atom. The largest absolute Gasteiger partial charge is 0.397 e. The van der Waals surface area contributed by atoms with E-state index in [1.165, 1.54) is 0 Å². The van der Waals surface area contributed by atoms with Gasteiger partial charge in [0.2, 0.25) is 0 Å². The van der Waals surface area contributed by atoms with Crippen molar-refractivity contribution in [1.29, 1.82) is 0 Å². The maximum atomic E-state index is 9.67. The van der Waals surface area contributed by atoms with Gasteiger partial charge in [-0.15, -0.1) is 0 Å². The zero-order chi connectivity index (χ0) is 14.6. The van der Waals surface area contributed by atoms with Crippen molar-refractivity contribution >= 4 is 11.4 Å². The molecule has 0 aliphatic rings. The zero-order valence-electron chi connectivity index (χ0n) is 11.2. The second-order valence-corrected chi connectivity index (χ2v) is 4.71. The lowest BCUT2D eigenvalue weighted by atomic mass is 10.1. The third-order valence-corrected chi connectivity index (χ3v) is 3.14. The number of aliphatic hydroxyl groups excluding tert-OH is 4. The van der Waals surface area contributed by atoms with Gasteiger partial charge >= 0.3 is 0 Å². The minimum Gasteiger partial charge on any atom is -0.397 e. The van der Waals surface area contributed by atoms with Crippen LogP contribution < -0.4 is 11.1 Å². The number of nitrogens with one attached hydrogen (secondary N) is 1. The van der Waals surface area contributed by atoms with Gasteiger partial charge in [0, 0.05) is 6.54 Å². The molecule has 7 N–H and O–H groups in total. The van der Waals surface area contributed by atoms with Gasteiger partial charge in [-0.2, -0.15) is 0 Å². The van der Waals surface area contributed by atoms with E-state index in [0.717, 1.165) is 11.1 Å². The summed E-state index contributed by atoms with van der Waals surface area (Å²) in [5, 5.41) is 40.0. The Morgan fingerprint density at radius 1 is 1.11 bits per heavy atom. The Bertz CT molecular complexity index is 425. The molecule has 6 nitrogen and oxygen atoms in total. The molecule has 0 saturated carbocycles. The topological polar surface area (TPSA) is 119 Å². The highest BCUT2D eigenvalue weighted by Crippen LogP contribution is 2.23. The fourth-order valence-corrected chi connectivity index (χ4v) is 1.69. The van der Waals surface area contributed by atoms with E-state index in [1.807, 2.05) is 26.0 Å². The SMILES string of the molecule is Cc1cc(N)c(NCC(O)C(O)C(O)CO)cc1C. The van der Waals surface area contributed by atoms with E-state index in [4.69, 9.17) is 10.8 Å². The van der Waals surface area contributed by atoms with Crippen LogP contribution in [0.2, 0.25) is 0 Å². The van der Waals surface area contributed by atoms with Gasteiger partial charge in [0.15, 0.2) is 0 Å². The van der Waals surface area contributed by atoms with Crippen LogP contribution in [-0.4, -0.2) is 51.9 Å². The Balaban J connectivity index is 2.64. The standard InChI is InChI=1S/C13H22N2O4/c1-7-3-9(14)10(4-8(7)2)15-5-11(17)13(19)12(18)6-16/h3-4,11-13,15-19H,5-6,14H2,1-2H3. The summed E-state index contributed by atoms with van der Waals surface area (Å²) < 4.78 is 0. The van der Waals surface area contributed by atoms with E-state index in [9.17, 15) is 15.3 Å². The molecule has 0 fully saturated rings. The molecule has 0 aliphatic heterocycles. The summed E-state index contributed by atoms with van der Waals surface area (Å²) in [6.45, 7) is 3.31. The van der Waals surface area contributed by atoms with Crippen LogP contribution in [0.25, 0.3) is 0 Å². The molecule has 0 heterocycles. The summed E-state index contributed by atoms with van der Waals surface area (Å²) in [6.07, 6.45) is -3.98. The van der Waals surface area contributed by atoms with Crippen LogP contribution in [0.3, 0.4) is 0 Å². The number of aryl methyl sites for hydroxylation is 2. The van der Waals surface area contributed by atoms with E-state index in [2.05, 4.69) is 5.32 Å². The number of aliphatic hydroxyl groups is 4. The monoisotopic (exact) mass is 270 g/mol. The van der Waals surface area contributed by atoms with Crippen molar-refractivity contribution in [3.8, 4) is 0 Å². The third-order valence-electron chi connectivity index (χ3n) is 3.14. The number of hydrogen-bond donors (Lipinski definition) is 6. The van der Waals surface area contributed by atoms with Gasteiger partial charge in [0.05, 0.1) is 24.1 Å². The lowest BCUT2D eigenvalue weighted by Gasteiger charge is -2.22. The molecule has 108 valence electrons. The maximum absolute atomic E-state index is 9.67. The highest BCUT2D eigenvalue weighted by atomic mass is 16.4. The molecule has 3 atom stereocenters. The number of nitrogens with two attached hydrogens (primary N) is 1. The molecule has 0 aliphatic carbocycles. The molecule has 0 saturated heterocycles. The fourth-order valence-electron chi connectivity index (χ4n) is 1.69. The molecule has 1 rings (SSSR count). The summed E-state index contributed by atoms with van der Waals surface area (Å²) in [4.78, 5) is 0. The first-order chi connectivity index (χ1) is 8.86. The average Bonchev–Trinajstić information content (AvgIpc) is 2.39. The van der Waals surface area contributed by atoms with Gasteiger partial charge in [0.1, 0.15) is 12.2 Å². The molecular weight excluding hydrogens is 248 g/mol. The molecule has 0 spiro atoms. The molecule has 1 aromatic rings. The molecule has 6 heteroatoms. The molecule has 1 aromatic carbocycles. The molecule has 0 aromatic heterocycles. The maximum Gasteiger partial charge on any atom is 0.110 e. The lowest BCUT2D eigenvalue weighted by molar-refractivity contribution is -0.0715. The predicted molar refractivity (Wildman–Crippen MR) is 73.9 cm³/mol. The van der Waals surface area contributed by atoms with Gasteiger partial charge in [-0.25, -0.2) is 0 Å². The fraction of sp³-hybridized carbons (Fsp3) is 0.538. The first kappa shape index (κ1) is 15.7. The quantitative estimate of drug-likeness (QED) is 0.383. The van der Waals surface area contributed by atoms with Crippen LogP contribution in [0.5, 0.6) is 0 Å². The Labute approximate surface area is 112 Å². The van der Waals surface area contributed by atoms with Gasteiger partial charge in [-0.3, -0.25) is 0 Å². The van der Waals surface area contributed by atoms with E-state index in [1.54, 1.807) is 0 Å². The van der Waals surface area contributed by atoms with Crippen molar-refractivity contribution in [2.24, 2.45) is 0 Å². The minimum atomic E-state index is -1.41. The van der Waals surface area contributed by atoms with Crippen LogP contribution in [0, 0.1) is 13.8 Å². The Hall–Kier alpha value is -1.34. The first-order valence-corrected chi connectivity index (χ1v) is 6.12. The smallest absolute Gasteiger partial charge is 0.110 e. The second-order valence-electron chi connectivity index (χ2n) is 4.71. The van der Waals surface area contributed by atoms with E-state index in [-0.39, 0.29) is 6.54 Å². The van der Waals surface area contributed by atoms with Crippen molar-refractivity contribution in [2.45, 2.75) is 32.2 Å². The summed E-state index contributed by atoms with van der Waals surface area (Å²) in [5.41, 5.74) is 9.18. The van der Waals surface area contributed by atoms with E-state index in [0.29, 0.717) is 11.4 Å². The van der Waals surface area contributed by atoms with Gasteiger partial charge in [-0.1, -0.05) is 0 Å². The molecule has 0 amide bonds. The number of benzene rings is 1. The molecule has 0 radical (unpaired) electrons. The summed E-state index contributed by atoms with van der Waals surface area (Å²) in [7, 11) is 0. The van der Waals surface area contributed by atoms with Crippen molar-refractivity contribution in [3.63, 3.8) is 0 Å². The predicted octanol–water partition coefficient (Wildman–Crippen LogP) is -0.627. The van der Waals surface area contributed by atoms with E-state index >= 15 is 0 Å². The van der Waals surface area contributed by atoms with Gasteiger partial charge < -0.3 is 31.5 Å². The highest BCUT2D eigenvalue weighted by Gasteiger charge is 2.23. The van der Waals surface area contributed by atoms with Crippen molar-refractivity contribution < 1.29 is 20.4 Å². The molecular formula is C13H22N2O4. The number of hydrogen-bond acceptors (Lipinski definition) is 6. The molecule has 0 bridgehead atoms. The summed E-state index contributed by atoms with van der Waals surface area (Å²) in [6, 6.07) is 3.68. The average molecular weight is 270 g/mol. The van der Waals surface area contributed by atoms with Gasteiger partial charge in [-0.05, 0) is 37.1 Å². The normalized spacial score (nSPS) is 15.9. The van der Waals surface area contributed by atoms with E-state index < -0.39 is 24.9 Å². The van der Waals surface area contributed by atoms with Crippen molar-refractivity contribution in [1.82, 2.24) is 0 Å². The number of rotatable bonds is 6. The van der Waals surface area contributed by atoms with Crippen LogP contribution in [0.15, 0.2) is 12.1 Å². The lowest BCUT2D eigenvalue weighted by Crippen LogP contribution is -2.42. The first-order valence-electron chi connectivity index (χ1n) is 6.12. The zero-order valence-corrected chi connectivity index (χ0v) is 11.2. The summed E-state index contributed by atoms with van der Waals surface area (Å²) in [5.74, 6) is 0. The highest BCUT2D eigenvalue weighted by molar-refractivity contribution is 5.68. The minimum absolute atomic E-state index is 0.0188. The summed E-state index contributed by atoms with van der Waals surface area (Å²) >= 11 is 0. The van der Waals surface area contributed by atoms with Gasteiger partial charge in [0.25, 0.3) is 0 Å². The Kier molecular flexibility index (Phi) is 5.56. The van der Waals surface area contributed by atoms with Crippen LogP contribution in [-0.2, 0) is 0 Å². The molecule has 19 heavy (non-hydrogen) atoms. The van der Waals surface area contributed by atoms with Crippen LogP contribution >= 0.6 is 0 Å². The van der Waals surface area contributed by atoms with Crippen molar-refractivity contribution in [3.05, 3.63) is 23.3 Å². The third kappa shape index (κ3) is 4.07. The second kappa shape index (κ2) is 6.72. The number of nitrogen functional groups attached to an aromatic ring is 1. The number of anilines is 2. The Morgan fingerprint density at radius 3 is 2.26 bits per heavy atom. The van der Waals surface area contributed by atoms with Crippen LogP contribution in [0.1, 0.15) is 11.1 Å². The molecule has 3 unspecified atom stereocenters. The van der Waals surface area contributed by atoms with Crippen molar-refractivity contribution in [2.75, 3.05) is 24.2 Å².